The molecule has 0 N–H and O–H groups in total. The zero-order chi connectivity index (χ0) is 11.6. The lowest BCUT2D eigenvalue weighted by atomic mass is 9.81. The first-order chi connectivity index (χ1) is 7.62. The van der Waals surface area contributed by atoms with Gasteiger partial charge in [-0.3, -0.25) is 4.98 Å². The maximum atomic E-state index is 6.20. The van der Waals surface area contributed by atoms with Crippen LogP contribution in [0.25, 0.3) is 0 Å². The highest BCUT2D eigenvalue weighted by Crippen LogP contribution is 2.33. The van der Waals surface area contributed by atoms with Gasteiger partial charge in [0.2, 0.25) is 0 Å². The van der Waals surface area contributed by atoms with Crippen LogP contribution in [-0.4, -0.2) is 4.98 Å². The quantitative estimate of drug-likeness (QED) is 0.760. The first kappa shape index (κ1) is 11.2. The third-order valence-corrected chi connectivity index (χ3v) is 3.15. The highest BCUT2D eigenvalue weighted by molar-refractivity contribution is 6.31. The lowest BCUT2D eigenvalue weighted by Gasteiger charge is -2.25. The second-order valence-electron chi connectivity index (χ2n) is 4.32. The van der Waals surface area contributed by atoms with E-state index >= 15 is 0 Å². The minimum atomic E-state index is -0.167. The van der Waals surface area contributed by atoms with Crippen molar-refractivity contribution >= 4 is 11.6 Å². The molecule has 0 aliphatic carbocycles. The summed E-state index contributed by atoms with van der Waals surface area (Å²) in [5.41, 5.74) is 1.97. The zero-order valence-electron chi connectivity index (χ0n) is 9.44. The van der Waals surface area contributed by atoms with Gasteiger partial charge in [-0.1, -0.05) is 55.8 Å². The molecule has 0 aliphatic heterocycles. The molecular formula is C14H14ClN. The number of benzene rings is 1. The van der Waals surface area contributed by atoms with E-state index in [0.717, 1.165) is 10.7 Å². The lowest BCUT2D eigenvalue weighted by molar-refractivity contribution is 0.617. The largest absolute Gasteiger partial charge is 0.259 e. The molecule has 1 aromatic carbocycles. The molecule has 2 aromatic rings. The number of halogens is 1. The third kappa shape index (κ3) is 1.96. The Morgan fingerprint density at radius 3 is 2.31 bits per heavy atom. The Bertz CT molecular complexity index is 477. The maximum absolute atomic E-state index is 6.20. The fraction of sp³-hybridized carbons (Fsp3) is 0.214. The van der Waals surface area contributed by atoms with Gasteiger partial charge in [0, 0.05) is 11.6 Å². The van der Waals surface area contributed by atoms with Crippen molar-refractivity contribution in [1.82, 2.24) is 4.98 Å². The summed E-state index contributed by atoms with van der Waals surface area (Å²) in [5.74, 6) is 0. The third-order valence-electron chi connectivity index (χ3n) is 2.85. The van der Waals surface area contributed by atoms with Crippen LogP contribution < -0.4 is 0 Å². The van der Waals surface area contributed by atoms with E-state index in [0.29, 0.717) is 0 Å². The molecule has 0 bridgehead atoms. The van der Waals surface area contributed by atoms with Crippen LogP contribution in [0.2, 0.25) is 5.02 Å². The Kier molecular flexibility index (Phi) is 2.97. The van der Waals surface area contributed by atoms with E-state index in [4.69, 9.17) is 11.6 Å². The van der Waals surface area contributed by atoms with E-state index in [1.165, 1.54) is 5.56 Å². The second-order valence-corrected chi connectivity index (χ2v) is 4.73. The van der Waals surface area contributed by atoms with Crippen LogP contribution in [-0.2, 0) is 5.41 Å². The van der Waals surface area contributed by atoms with Crippen molar-refractivity contribution in [1.29, 1.82) is 0 Å². The number of nitrogens with zero attached hydrogens (tertiary/aromatic N) is 1. The Morgan fingerprint density at radius 2 is 1.69 bits per heavy atom. The maximum Gasteiger partial charge on any atom is 0.0689 e. The van der Waals surface area contributed by atoms with Gasteiger partial charge in [0.15, 0.2) is 0 Å². The van der Waals surface area contributed by atoms with Crippen molar-refractivity contribution in [3.8, 4) is 0 Å². The molecule has 16 heavy (non-hydrogen) atoms. The summed E-state index contributed by atoms with van der Waals surface area (Å²) in [5, 5.41) is 0.719. The Labute approximate surface area is 101 Å². The molecule has 0 saturated carbocycles. The van der Waals surface area contributed by atoms with Gasteiger partial charge in [-0.25, -0.2) is 0 Å². The topological polar surface area (TPSA) is 12.9 Å². The Morgan fingerprint density at radius 1 is 1.00 bits per heavy atom. The van der Waals surface area contributed by atoms with Crippen molar-refractivity contribution in [3.63, 3.8) is 0 Å². The molecule has 0 radical (unpaired) electrons. The van der Waals surface area contributed by atoms with E-state index in [2.05, 4.69) is 31.0 Å². The Hall–Kier alpha value is -1.34. The highest BCUT2D eigenvalue weighted by atomic mass is 35.5. The molecule has 1 aromatic heterocycles. The molecule has 1 heterocycles. The van der Waals surface area contributed by atoms with Gasteiger partial charge in [-0.2, -0.15) is 0 Å². The highest BCUT2D eigenvalue weighted by Gasteiger charge is 2.26. The fourth-order valence-corrected chi connectivity index (χ4v) is 2.19. The average Bonchev–Trinajstić information content (AvgIpc) is 2.30. The fourth-order valence-electron chi connectivity index (χ4n) is 1.84. The standard InChI is InChI=1S/C14H14ClN/c1-14(2,11-7-4-3-5-8-11)13-12(15)9-6-10-16-13/h3-10H,1-2H3. The number of aromatic nitrogens is 1. The number of pyridine rings is 1. The van der Waals surface area contributed by atoms with Crippen molar-refractivity contribution in [2.24, 2.45) is 0 Å². The second kappa shape index (κ2) is 4.26. The van der Waals surface area contributed by atoms with Crippen LogP contribution in [0.5, 0.6) is 0 Å². The average molecular weight is 232 g/mol. The molecule has 1 nitrogen and oxygen atoms in total. The molecule has 0 fully saturated rings. The first-order valence-electron chi connectivity index (χ1n) is 5.29. The molecule has 0 amide bonds. The van der Waals surface area contributed by atoms with Gasteiger partial charge in [-0.15, -0.1) is 0 Å². The predicted molar refractivity (Wildman–Crippen MR) is 67.8 cm³/mol. The van der Waals surface area contributed by atoms with Crippen LogP contribution in [0.1, 0.15) is 25.1 Å². The molecule has 0 aliphatic rings. The SMILES string of the molecule is CC(C)(c1ccccc1)c1ncccc1Cl. The van der Waals surface area contributed by atoms with Crippen LogP contribution in [0.3, 0.4) is 0 Å². The monoisotopic (exact) mass is 231 g/mol. The zero-order valence-corrected chi connectivity index (χ0v) is 10.2. The normalized spacial score (nSPS) is 11.4. The van der Waals surface area contributed by atoms with Gasteiger partial charge in [0.25, 0.3) is 0 Å². The van der Waals surface area contributed by atoms with Gasteiger partial charge in [0.1, 0.15) is 0 Å². The summed E-state index contributed by atoms with van der Waals surface area (Å²) in [6.45, 7) is 4.27. The molecular weight excluding hydrogens is 218 g/mol. The molecule has 2 heteroatoms. The van der Waals surface area contributed by atoms with Gasteiger partial charge >= 0.3 is 0 Å². The minimum Gasteiger partial charge on any atom is -0.259 e. The summed E-state index contributed by atoms with van der Waals surface area (Å²) in [7, 11) is 0. The Balaban J connectivity index is 2.51. The van der Waals surface area contributed by atoms with Gasteiger partial charge in [-0.05, 0) is 17.7 Å². The van der Waals surface area contributed by atoms with Gasteiger partial charge in [0.05, 0.1) is 10.7 Å². The number of hydrogen-bond donors (Lipinski definition) is 0. The van der Waals surface area contributed by atoms with Crippen molar-refractivity contribution in [3.05, 3.63) is 64.9 Å². The van der Waals surface area contributed by atoms with Crippen molar-refractivity contribution < 1.29 is 0 Å². The summed E-state index contributed by atoms with van der Waals surface area (Å²) in [4.78, 5) is 4.39. The predicted octanol–water partition coefficient (Wildman–Crippen LogP) is 4.06. The van der Waals surface area contributed by atoms with Gasteiger partial charge < -0.3 is 0 Å². The molecule has 0 unspecified atom stereocenters. The van der Waals surface area contributed by atoms with E-state index in [9.17, 15) is 0 Å². The van der Waals surface area contributed by atoms with Crippen LogP contribution in [0, 0.1) is 0 Å². The van der Waals surface area contributed by atoms with E-state index < -0.39 is 0 Å². The van der Waals surface area contributed by atoms with E-state index in [1.54, 1.807) is 6.20 Å². The smallest absolute Gasteiger partial charge is 0.0689 e. The summed E-state index contributed by atoms with van der Waals surface area (Å²) in [6.07, 6.45) is 1.78. The summed E-state index contributed by atoms with van der Waals surface area (Å²) >= 11 is 6.20. The van der Waals surface area contributed by atoms with Crippen molar-refractivity contribution in [2.75, 3.05) is 0 Å². The van der Waals surface area contributed by atoms with Crippen LogP contribution >= 0.6 is 11.6 Å². The summed E-state index contributed by atoms with van der Waals surface area (Å²) < 4.78 is 0. The lowest BCUT2D eigenvalue weighted by Crippen LogP contribution is -2.20. The van der Waals surface area contributed by atoms with E-state index in [-0.39, 0.29) is 5.41 Å². The summed E-state index contributed by atoms with van der Waals surface area (Å²) in [6, 6.07) is 14.0. The van der Waals surface area contributed by atoms with Crippen LogP contribution in [0.15, 0.2) is 48.7 Å². The van der Waals surface area contributed by atoms with Crippen LogP contribution in [0.4, 0.5) is 0 Å². The number of hydrogen-bond acceptors (Lipinski definition) is 1. The minimum absolute atomic E-state index is 0.167. The molecule has 0 atom stereocenters. The molecule has 0 spiro atoms. The molecule has 2 rings (SSSR count). The van der Waals surface area contributed by atoms with Crippen molar-refractivity contribution in [2.45, 2.75) is 19.3 Å². The van der Waals surface area contributed by atoms with E-state index in [1.807, 2.05) is 30.3 Å². The number of rotatable bonds is 2. The first-order valence-corrected chi connectivity index (χ1v) is 5.66. The molecule has 0 saturated heterocycles. The molecule has 82 valence electrons.